The molecule has 1 aromatic carbocycles. The van der Waals surface area contributed by atoms with E-state index in [-0.39, 0.29) is 5.91 Å². The van der Waals surface area contributed by atoms with Gasteiger partial charge in [-0.25, -0.2) is 0 Å². The van der Waals surface area contributed by atoms with Gasteiger partial charge in [0.05, 0.1) is 12.7 Å². The largest absolute Gasteiger partial charge is 0.496 e. The monoisotopic (exact) mass is 277 g/mol. The summed E-state index contributed by atoms with van der Waals surface area (Å²) < 4.78 is 5.26. The Morgan fingerprint density at radius 1 is 1.25 bits per heavy atom. The summed E-state index contributed by atoms with van der Waals surface area (Å²) in [6.45, 7) is 7.67. The Balaban J connectivity index is 2.11. The lowest BCUT2D eigenvalue weighted by atomic mass is 10.1. The van der Waals surface area contributed by atoms with E-state index >= 15 is 0 Å². The van der Waals surface area contributed by atoms with Crippen LogP contribution in [0.15, 0.2) is 18.2 Å². The molecule has 0 saturated carbocycles. The minimum absolute atomic E-state index is 0.00226. The van der Waals surface area contributed by atoms with Crippen LogP contribution in [0.1, 0.15) is 24.2 Å². The standard InChI is InChI=1S/C15H23N3O2/c1-11(2)17-6-8-18(9-7-17)15(19)13-10-12(16)4-5-14(13)20-3/h4-5,10-11H,6-9,16H2,1-3H3. The summed E-state index contributed by atoms with van der Waals surface area (Å²) in [4.78, 5) is 16.8. The van der Waals surface area contributed by atoms with E-state index in [1.165, 1.54) is 0 Å². The Morgan fingerprint density at radius 3 is 2.45 bits per heavy atom. The third kappa shape index (κ3) is 3.04. The van der Waals surface area contributed by atoms with Crippen molar-refractivity contribution < 1.29 is 9.53 Å². The quantitative estimate of drug-likeness (QED) is 0.849. The molecule has 0 atom stereocenters. The molecule has 20 heavy (non-hydrogen) atoms. The third-order valence-electron chi connectivity index (χ3n) is 3.79. The summed E-state index contributed by atoms with van der Waals surface area (Å²) in [7, 11) is 1.57. The number of carbonyl (C=O) groups excluding carboxylic acids is 1. The predicted molar refractivity (Wildman–Crippen MR) is 80.0 cm³/mol. The molecule has 1 aliphatic heterocycles. The molecule has 110 valence electrons. The van der Waals surface area contributed by atoms with Gasteiger partial charge in [0, 0.05) is 37.9 Å². The zero-order chi connectivity index (χ0) is 14.7. The molecular weight excluding hydrogens is 254 g/mol. The molecule has 0 spiro atoms. The van der Waals surface area contributed by atoms with Crippen LogP contribution in [0.3, 0.4) is 0 Å². The molecule has 0 aliphatic carbocycles. The van der Waals surface area contributed by atoms with Gasteiger partial charge in [-0.3, -0.25) is 9.69 Å². The highest BCUT2D eigenvalue weighted by Gasteiger charge is 2.25. The van der Waals surface area contributed by atoms with Crippen molar-refractivity contribution >= 4 is 11.6 Å². The molecule has 1 fully saturated rings. The van der Waals surface area contributed by atoms with Crippen LogP contribution in [0, 0.1) is 0 Å². The Kier molecular flexibility index (Phi) is 4.49. The van der Waals surface area contributed by atoms with Crippen molar-refractivity contribution in [3.63, 3.8) is 0 Å². The molecule has 2 rings (SSSR count). The maximum atomic E-state index is 12.6. The number of piperazine rings is 1. The first-order valence-electron chi connectivity index (χ1n) is 6.99. The topological polar surface area (TPSA) is 58.8 Å². The van der Waals surface area contributed by atoms with Gasteiger partial charge in [0.15, 0.2) is 0 Å². The Labute approximate surface area is 120 Å². The number of carbonyl (C=O) groups is 1. The average Bonchev–Trinajstić information content (AvgIpc) is 2.46. The lowest BCUT2D eigenvalue weighted by Gasteiger charge is -2.37. The lowest BCUT2D eigenvalue weighted by molar-refractivity contribution is 0.0592. The maximum Gasteiger partial charge on any atom is 0.257 e. The molecule has 0 bridgehead atoms. The van der Waals surface area contributed by atoms with Gasteiger partial charge in [0.25, 0.3) is 5.91 Å². The first kappa shape index (κ1) is 14.7. The Bertz CT molecular complexity index is 480. The minimum Gasteiger partial charge on any atom is -0.496 e. The SMILES string of the molecule is COc1ccc(N)cc1C(=O)N1CCN(C(C)C)CC1. The van der Waals surface area contributed by atoms with Crippen LogP contribution >= 0.6 is 0 Å². The van der Waals surface area contributed by atoms with E-state index in [2.05, 4.69) is 18.7 Å². The Morgan fingerprint density at radius 2 is 1.90 bits per heavy atom. The molecule has 5 heteroatoms. The molecule has 1 heterocycles. The maximum absolute atomic E-state index is 12.6. The molecule has 1 aromatic rings. The average molecular weight is 277 g/mol. The zero-order valence-electron chi connectivity index (χ0n) is 12.4. The summed E-state index contributed by atoms with van der Waals surface area (Å²) >= 11 is 0. The molecular formula is C15H23N3O2. The van der Waals surface area contributed by atoms with Crippen molar-refractivity contribution in [3.8, 4) is 5.75 Å². The molecule has 1 saturated heterocycles. The first-order chi connectivity index (χ1) is 9.52. The van der Waals surface area contributed by atoms with Crippen molar-refractivity contribution in [1.29, 1.82) is 0 Å². The van der Waals surface area contributed by atoms with Crippen LogP contribution in [-0.2, 0) is 0 Å². The van der Waals surface area contributed by atoms with Gasteiger partial charge in [-0.15, -0.1) is 0 Å². The van der Waals surface area contributed by atoms with E-state index in [0.717, 1.165) is 26.2 Å². The third-order valence-corrected chi connectivity index (χ3v) is 3.79. The van der Waals surface area contributed by atoms with E-state index in [4.69, 9.17) is 10.5 Å². The molecule has 2 N–H and O–H groups in total. The fraction of sp³-hybridized carbons (Fsp3) is 0.533. The van der Waals surface area contributed by atoms with Crippen molar-refractivity contribution in [2.45, 2.75) is 19.9 Å². The second-order valence-corrected chi connectivity index (χ2v) is 5.38. The zero-order valence-corrected chi connectivity index (χ0v) is 12.4. The minimum atomic E-state index is -0.00226. The number of nitrogens with two attached hydrogens (primary N) is 1. The van der Waals surface area contributed by atoms with Crippen molar-refractivity contribution in [3.05, 3.63) is 23.8 Å². The normalized spacial score (nSPS) is 16.5. The van der Waals surface area contributed by atoms with Crippen molar-refractivity contribution in [2.24, 2.45) is 0 Å². The highest BCUT2D eigenvalue weighted by atomic mass is 16.5. The van der Waals surface area contributed by atoms with Gasteiger partial charge in [-0.05, 0) is 32.0 Å². The number of amides is 1. The van der Waals surface area contributed by atoms with Crippen LogP contribution in [-0.4, -0.2) is 55.0 Å². The molecule has 5 nitrogen and oxygen atoms in total. The summed E-state index contributed by atoms with van der Waals surface area (Å²) in [6, 6.07) is 5.70. The van der Waals surface area contributed by atoms with Gasteiger partial charge in [-0.2, -0.15) is 0 Å². The number of nitrogen functional groups attached to an aromatic ring is 1. The fourth-order valence-corrected chi connectivity index (χ4v) is 2.50. The molecule has 1 amide bonds. The van der Waals surface area contributed by atoms with Gasteiger partial charge in [-0.1, -0.05) is 0 Å². The highest BCUT2D eigenvalue weighted by Crippen LogP contribution is 2.23. The van der Waals surface area contributed by atoms with Crippen molar-refractivity contribution in [2.75, 3.05) is 39.0 Å². The first-order valence-corrected chi connectivity index (χ1v) is 6.99. The van der Waals surface area contributed by atoms with Gasteiger partial charge in [0.1, 0.15) is 5.75 Å². The number of rotatable bonds is 3. The number of methoxy groups -OCH3 is 1. The molecule has 1 aliphatic rings. The number of ether oxygens (including phenoxy) is 1. The Hall–Kier alpha value is -1.75. The number of nitrogens with zero attached hydrogens (tertiary/aromatic N) is 2. The molecule has 0 radical (unpaired) electrons. The second-order valence-electron chi connectivity index (χ2n) is 5.38. The summed E-state index contributed by atoms with van der Waals surface area (Å²) in [5.41, 5.74) is 6.90. The highest BCUT2D eigenvalue weighted by molar-refractivity contribution is 5.97. The summed E-state index contributed by atoms with van der Waals surface area (Å²) in [5, 5.41) is 0. The number of hydrogen-bond donors (Lipinski definition) is 1. The molecule has 0 unspecified atom stereocenters. The van der Waals surface area contributed by atoms with Gasteiger partial charge in [0.2, 0.25) is 0 Å². The predicted octanol–water partition coefficient (Wildman–Crippen LogP) is 1.44. The van der Waals surface area contributed by atoms with Crippen LogP contribution in [0.5, 0.6) is 5.75 Å². The number of anilines is 1. The number of benzene rings is 1. The van der Waals surface area contributed by atoms with Crippen LogP contribution in [0.2, 0.25) is 0 Å². The van der Waals surface area contributed by atoms with E-state index in [1.807, 2.05) is 4.90 Å². The fourth-order valence-electron chi connectivity index (χ4n) is 2.50. The smallest absolute Gasteiger partial charge is 0.257 e. The summed E-state index contributed by atoms with van der Waals surface area (Å²) in [6.07, 6.45) is 0. The van der Waals surface area contributed by atoms with Gasteiger partial charge < -0.3 is 15.4 Å². The molecule has 0 aromatic heterocycles. The van der Waals surface area contributed by atoms with E-state index in [1.54, 1.807) is 25.3 Å². The van der Waals surface area contributed by atoms with Crippen LogP contribution in [0.4, 0.5) is 5.69 Å². The number of hydrogen-bond acceptors (Lipinski definition) is 4. The second kappa shape index (κ2) is 6.13. The van der Waals surface area contributed by atoms with Crippen LogP contribution in [0.25, 0.3) is 0 Å². The van der Waals surface area contributed by atoms with E-state index in [0.29, 0.717) is 23.0 Å². The van der Waals surface area contributed by atoms with E-state index in [9.17, 15) is 4.79 Å². The lowest BCUT2D eigenvalue weighted by Crippen LogP contribution is -2.50. The van der Waals surface area contributed by atoms with Crippen LogP contribution < -0.4 is 10.5 Å². The van der Waals surface area contributed by atoms with Crippen molar-refractivity contribution in [1.82, 2.24) is 9.80 Å². The van der Waals surface area contributed by atoms with Gasteiger partial charge >= 0.3 is 0 Å². The summed E-state index contributed by atoms with van der Waals surface area (Å²) in [5.74, 6) is 0.577. The van der Waals surface area contributed by atoms with E-state index < -0.39 is 0 Å².